The maximum Gasteiger partial charge on any atom is 0.197 e. The molecule has 1 aliphatic rings. The van der Waals surface area contributed by atoms with E-state index in [2.05, 4.69) is 20.4 Å². The largest absolute Gasteiger partial charge is 0.393 e. The average molecular weight is 194 g/mol. The summed E-state index contributed by atoms with van der Waals surface area (Å²) in [6.45, 7) is 0.358. The lowest BCUT2D eigenvalue weighted by Gasteiger charge is -2.19. The molecule has 0 saturated heterocycles. The van der Waals surface area contributed by atoms with E-state index in [1.54, 1.807) is 18.5 Å². The molecule has 74 valence electrons. The number of aromatic nitrogens is 2. The molecule has 0 spiro atoms. The van der Waals surface area contributed by atoms with Crippen LogP contribution in [0.2, 0.25) is 0 Å². The number of amidine groups is 1. The van der Waals surface area contributed by atoms with Gasteiger partial charge >= 0.3 is 0 Å². The van der Waals surface area contributed by atoms with Crippen LogP contribution in [0.15, 0.2) is 23.5 Å². The van der Waals surface area contributed by atoms with E-state index < -0.39 is 0 Å². The van der Waals surface area contributed by atoms with Gasteiger partial charge in [-0.15, -0.1) is 0 Å². The third-order valence-corrected chi connectivity index (χ3v) is 1.76. The summed E-state index contributed by atoms with van der Waals surface area (Å²) in [5.41, 5.74) is 2.60. The van der Waals surface area contributed by atoms with E-state index in [0.29, 0.717) is 18.2 Å². The molecule has 2 rings (SSSR count). The molecule has 1 aromatic rings. The van der Waals surface area contributed by atoms with Crippen molar-refractivity contribution in [3.05, 3.63) is 24.3 Å². The minimum absolute atomic E-state index is 0.0561. The van der Waals surface area contributed by atoms with Gasteiger partial charge < -0.3 is 5.11 Å². The Hall–Kier alpha value is -1.53. The summed E-state index contributed by atoms with van der Waals surface area (Å²) in [4.78, 5) is 17.2. The van der Waals surface area contributed by atoms with Crippen LogP contribution in [-0.2, 0) is 4.84 Å². The van der Waals surface area contributed by atoms with Gasteiger partial charge in [0, 0.05) is 12.4 Å². The van der Waals surface area contributed by atoms with Crippen molar-refractivity contribution >= 4 is 5.84 Å². The van der Waals surface area contributed by atoms with Crippen molar-refractivity contribution in [3.8, 4) is 0 Å². The SMILES string of the molecule is OCC1CN=C(c2ncccn2)NO1. The van der Waals surface area contributed by atoms with Crippen LogP contribution in [0.5, 0.6) is 0 Å². The van der Waals surface area contributed by atoms with Gasteiger partial charge in [0.1, 0.15) is 6.10 Å². The van der Waals surface area contributed by atoms with Gasteiger partial charge in [-0.3, -0.25) is 9.83 Å². The smallest absolute Gasteiger partial charge is 0.197 e. The highest BCUT2D eigenvalue weighted by molar-refractivity contribution is 5.94. The lowest BCUT2D eigenvalue weighted by molar-refractivity contribution is -0.0241. The van der Waals surface area contributed by atoms with Crippen LogP contribution < -0.4 is 5.48 Å². The number of nitrogens with zero attached hydrogens (tertiary/aromatic N) is 3. The highest BCUT2D eigenvalue weighted by atomic mass is 16.7. The molecular formula is C8H10N4O2. The average Bonchev–Trinajstić information content (AvgIpc) is 2.30. The third kappa shape index (κ3) is 1.86. The second kappa shape index (κ2) is 4.12. The summed E-state index contributed by atoms with van der Waals surface area (Å²) in [5, 5.41) is 8.78. The molecule has 0 amide bonds. The van der Waals surface area contributed by atoms with Gasteiger partial charge in [0.25, 0.3) is 0 Å². The molecule has 1 atom stereocenters. The molecule has 2 heterocycles. The molecule has 0 fully saturated rings. The first-order valence-electron chi connectivity index (χ1n) is 4.24. The molecule has 2 N–H and O–H groups in total. The first kappa shape index (κ1) is 9.04. The molecule has 1 aromatic heterocycles. The Morgan fingerprint density at radius 3 is 2.86 bits per heavy atom. The predicted octanol–water partition coefficient (Wildman–Crippen LogP) is -0.881. The number of hydrogen-bond acceptors (Lipinski definition) is 6. The van der Waals surface area contributed by atoms with Crippen LogP contribution in [-0.4, -0.2) is 40.2 Å². The molecular weight excluding hydrogens is 184 g/mol. The molecule has 14 heavy (non-hydrogen) atoms. The van der Waals surface area contributed by atoms with Crippen molar-refractivity contribution in [2.75, 3.05) is 13.2 Å². The van der Waals surface area contributed by atoms with Gasteiger partial charge in [0.2, 0.25) is 0 Å². The zero-order chi connectivity index (χ0) is 9.80. The first-order chi connectivity index (χ1) is 6.90. The fourth-order valence-corrected chi connectivity index (χ4v) is 1.03. The van der Waals surface area contributed by atoms with Gasteiger partial charge in [-0.1, -0.05) is 0 Å². The van der Waals surface area contributed by atoms with Crippen LogP contribution in [0, 0.1) is 0 Å². The summed E-state index contributed by atoms with van der Waals surface area (Å²) in [5.74, 6) is 0.985. The van der Waals surface area contributed by atoms with E-state index in [-0.39, 0.29) is 12.7 Å². The highest BCUT2D eigenvalue weighted by Gasteiger charge is 2.17. The standard InChI is InChI=1S/C8H10N4O2/c13-5-6-4-11-8(12-14-6)7-9-2-1-3-10-7/h1-3,6,13H,4-5H2,(H,11,12). The number of aliphatic imine (C=N–C) groups is 1. The number of aliphatic hydroxyl groups excluding tert-OH is 1. The quantitative estimate of drug-likeness (QED) is 0.639. The monoisotopic (exact) mass is 194 g/mol. The normalized spacial score (nSPS) is 21.2. The number of hydroxylamine groups is 1. The van der Waals surface area contributed by atoms with Gasteiger partial charge in [-0.05, 0) is 6.07 Å². The maximum absolute atomic E-state index is 8.78. The Morgan fingerprint density at radius 1 is 1.50 bits per heavy atom. The Morgan fingerprint density at radius 2 is 2.29 bits per heavy atom. The molecule has 0 radical (unpaired) electrons. The molecule has 1 unspecified atom stereocenters. The van der Waals surface area contributed by atoms with Crippen LogP contribution >= 0.6 is 0 Å². The fourth-order valence-electron chi connectivity index (χ4n) is 1.03. The summed E-state index contributed by atoms with van der Waals surface area (Å²) in [7, 11) is 0. The maximum atomic E-state index is 8.78. The third-order valence-electron chi connectivity index (χ3n) is 1.76. The number of hydrogen-bond donors (Lipinski definition) is 2. The Kier molecular flexibility index (Phi) is 2.66. The van der Waals surface area contributed by atoms with Crippen molar-refractivity contribution in [2.24, 2.45) is 4.99 Å². The molecule has 0 saturated carbocycles. The van der Waals surface area contributed by atoms with Crippen LogP contribution in [0.1, 0.15) is 5.82 Å². The fraction of sp³-hybridized carbons (Fsp3) is 0.375. The van der Waals surface area contributed by atoms with E-state index in [0.717, 1.165) is 0 Å². The van der Waals surface area contributed by atoms with Crippen molar-refractivity contribution < 1.29 is 9.94 Å². The van der Waals surface area contributed by atoms with Crippen molar-refractivity contribution in [3.63, 3.8) is 0 Å². The predicted molar refractivity (Wildman–Crippen MR) is 48.5 cm³/mol. The number of nitrogens with one attached hydrogen (secondary N) is 1. The first-order valence-corrected chi connectivity index (χ1v) is 4.24. The molecule has 1 aliphatic heterocycles. The Balaban J connectivity index is 2.11. The van der Waals surface area contributed by atoms with Crippen LogP contribution in [0.3, 0.4) is 0 Å². The Bertz CT molecular complexity index is 327. The zero-order valence-electron chi connectivity index (χ0n) is 7.42. The summed E-state index contributed by atoms with van der Waals surface area (Å²) < 4.78 is 0. The number of aliphatic hydroxyl groups is 1. The number of rotatable bonds is 2. The summed E-state index contributed by atoms with van der Waals surface area (Å²) in [6, 6.07) is 1.73. The van der Waals surface area contributed by atoms with E-state index >= 15 is 0 Å². The lowest BCUT2D eigenvalue weighted by Crippen LogP contribution is -2.39. The minimum Gasteiger partial charge on any atom is -0.393 e. The Labute approximate surface area is 80.6 Å². The van der Waals surface area contributed by atoms with Crippen LogP contribution in [0.25, 0.3) is 0 Å². The van der Waals surface area contributed by atoms with Crippen molar-refractivity contribution in [2.45, 2.75) is 6.10 Å². The van der Waals surface area contributed by atoms with Crippen molar-refractivity contribution in [1.82, 2.24) is 15.4 Å². The summed E-state index contributed by atoms with van der Waals surface area (Å²) >= 11 is 0. The van der Waals surface area contributed by atoms with Gasteiger partial charge in [0.05, 0.1) is 13.2 Å². The molecule has 6 heteroatoms. The van der Waals surface area contributed by atoms with Gasteiger partial charge in [-0.25, -0.2) is 15.4 Å². The van der Waals surface area contributed by atoms with Crippen molar-refractivity contribution in [1.29, 1.82) is 0 Å². The van der Waals surface area contributed by atoms with E-state index in [1.165, 1.54) is 0 Å². The highest BCUT2D eigenvalue weighted by Crippen LogP contribution is 2.00. The lowest BCUT2D eigenvalue weighted by atomic mass is 10.3. The van der Waals surface area contributed by atoms with Gasteiger partial charge in [0.15, 0.2) is 11.7 Å². The second-order valence-corrected chi connectivity index (χ2v) is 2.79. The van der Waals surface area contributed by atoms with Crippen LogP contribution in [0.4, 0.5) is 0 Å². The van der Waals surface area contributed by atoms with E-state index in [4.69, 9.17) is 9.94 Å². The molecule has 0 aromatic carbocycles. The molecule has 6 nitrogen and oxygen atoms in total. The van der Waals surface area contributed by atoms with E-state index in [1.807, 2.05) is 0 Å². The van der Waals surface area contributed by atoms with Gasteiger partial charge in [-0.2, -0.15) is 0 Å². The molecule has 0 bridgehead atoms. The summed E-state index contributed by atoms with van der Waals surface area (Å²) in [6.07, 6.45) is 2.97. The minimum atomic E-state index is -0.289. The second-order valence-electron chi connectivity index (χ2n) is 2.79. The van der Waals surface area contributed by atoms with E-state index in [9.17, 15) is 0 Å². The zero-order valence-corrected chi connectivity index (χ0v) is 7.42. The molecule has 0 aliphatic carbocycles. The topological polar surface area (TPSA) is 79.6 Å².